The summed E-state index contributed by atoms with van der Waals surface area (Å²) in [6.07, 6.45) is -3.32. The summed E-state index contributed by atoms with van der Waals surface area (Å²) < 4.78 is 39.9. The number of fused-ring (bicyclic) bond motifs is 1. The summed E-state index contributed by atoms with van der Waals surface area (Å²) in [6.45, 7) is 1.44. The molecule has 2 aromatic carbocycles. The number of nitrogens with one attached hydrogen (secondary N) is 1. The Morgan fingerprint density at radius 1 is 1.19 bits per heavy atom. The van der Waals surface area contributed by atoms with Gasteiger partial charge < -0.3 is 5.32 Å². The van der Waals surface area contributed by atoms with E-state index in [1.165, 1.54) is 16.8 Å². The number of alkyl halides is 3. The van der Waals surface area contributed by atoms with Crippen LogP contribution in [0.15, 0.2) is 59.5 Å². The number of aromatic nitrogens is 2. The van der Waals surface area contributed by atoms with Gasteiger partial charge in [-0.05, 0) is 36.8 Å². The number of halogens is 3. The molecule has 0 fully saturated rings. The monoisotopic (exact) mass is 375 g/mol. The number of rotatable bonds is 4. The van der Waals surface area contributed by atoms with Crippen LogP contribution >= 0.6 is 0 Å². The van der Waals surface area contributed by atoms with Crippen molar-refractivity contribution in [3.8, 4) is 0 Å². The number of para-hydroxylation sites is 1. The molecule has 0 radical (unpaired) electrons. The summed E-state index contributed by atoms with van der Waals surface area (Å²) in [4.78, 5) is 24.2. The first-order valence-electron chi connectivity index (χ1n) is 8.17. The first kappa shape index (κ1) is 18.6. The molecular formula is C19H16F3N3O2. The third-order valence-corrected chi connectivity index (χ3v) is 4.15. The maximum atomic E-state index is 12.8. The zero-order valence-corrected chi connectivity index (χ0v) is 14.3. The Morgan fingerprint density at radius 2 is 1.93 bits per heavy atom. The molecule has 0 aliphatic heterocycles. The Hall–Kier alpha value is -3.16. The fraction of sp³-hybridized carbons (Fsp3) is 0.211. The van der Waals surface area contributed by atoms with Crippen LogP contribution < -0.4 is 10.7 Å². The van der Waals surface area contributed by atoms with Crippen molar-refractivity contribution in [3.05, 3.63) is 76.1 Å². The van der Waals surface area contributed by atoms with Crippen LogP contribution in [0.4, 0.5) is 13.2 Å². The Bertz CT molecular complexity index is 1040. The van der Waals surface area contributed by atoms with Crippen LogP contribution in [0, 0.1) is 0 Å². The molecule has 140 valence electrons. The van der Waals surface area contributed by atoms with Crippen LogP contribution in [-0.2, 0) is 17.5 Å². The van der Waals surface area contributed by atoms with Crippen molar-refractivity contribution in [2.75, 3.05) is 0 Å². The van der Waals surface area contributed by atoms with Gasteiger partial charge in [-0.3, -0.25) is 14.3 Å². The summed E-state index contributed by atoms with van der Waals surface area (Å²) in [5.41, 5.74) is -0.170. The lowest BCUT2D eigenvalue weighted by Gasteiger charge is -2.17. The van der Waals surface area contributed by atoms with Crippen molar-refractivity contribution in [3.63, 3.8) is 0 Å². The van der Waals surface area contributed by atoms with Crippen molar-refractivity contribution < 1.29 is 18.0 Å². The number of hydrogen-bond acceptors (Lipinski definition) is 3. The summed E-state index contributed by atoms with van der Waals surface area (Å²) in [5.74, 6) is -0.429. The Labute approximate surface area is 152 Å². The van der Waals surface area contributed by atoms with E-state index in [9.17, 15) is 22.8 Å². The first-order valence-corrected chi connectivity index (χ1v) is 8.17. The average Bonchev–Trinajstić information content (AvgIpc) is 2.63. The molecule has 0 aliphatic carbocycles. The highest BCUT2D eigenvalue weighted by Crippen LogP contribution is 2.30. The zero-order chi connectivity index (χ0) is 19.6. The third-order valence-electron chi connectivity index (χ3n) is 4.15. The fourth-order valence-corrected chi connectivity index (χ4v) is 2.78. The molecule has 1 amide bonds. The lowest BCUT2D eigenvalue weighted by molar-refractivity contribution is -0.137. The first-order chi connectivity index (χ1) is 12.8. The summed E-state index contributed by atoms with van der Waals surface area (Å²) in [6, 6.07) is 10.9. The highest BCUT2D eigenvalue weighted by atomic mass is 19.4. The minimum Gasteiger partial charge on any atom is -0.348 e. The van der Waals surface area contributed by atoms with E-state index in [1.54, 1.807) is 31.2 Å². The van der Waals surface area contributed by atoms with Crippen LogP contribution in [0.1, 0.15) is 24.1 Å². The van der Waals surface area contributed by atoms with E-state index in [-0.39, 0.29) is 12.0 Å². The van der Waals surface area contributed by atoms with E-state index in [4.69, 9.17) is 0 Å². The van der Waals surface area contributed by atoms with Crippen LogP contribution in [0.2, 0.25) is 0 Å². The Morgan fingerprint density at radius 3 is 2.67 bits per heavy atom. The van der Waals surface area contributed by atoms with Gasteiger partial charge >= 0.3 is 6.18 Å². The van der Waals surface area contributed by atoms with Gasteiger partial charge in [0.25, 0.3) is 0 Å². The van der Waals surface area contributed by atoms with Crippen molar-refractivity contribution in [1.82, 2.24) is 15.1 Å². The average molecular weight is 375 g/mol. The standard InChI is InChI=1S/C19H16F3N3O2/c1-12(13-5-4-6-14(9-13)19(20,21)22)24-18(27)11-25-16-8-3-2-7-15(16)17(26)10-23-25/h2-10,12H,11H2,1H3,(H,24,27)/t12-/m0/s1. The molecule has 1 aromatic heterocycles. The smallest absolute Gasteiger partial charge is 0.348 e. The van der Waals surface area contributed by atoms with E-state index < -0.39 is 23.7 Å². The molecule has 0 spiro atoms. The number of amides is 1. The minimum atomic E-state index is -4.45. The van der Waals surface area contributed by atoms with Crippen molar-refractivity contribution in [1.29, 1.82) is 0 Å². The van der Waals surface area contributed by atoms with Crippen molar-refractivity contribution in [2.45, 2.75) is 25.7 Å². The Balaban J connectivity index is 1.77. The lowest BCUT2D eigenvalue weighted by Crippen LogP contribution is -2.31. The molecule has 8 heteroatoms. The second-order valence-electron chi connectivity index (χ2n) is 6.10. The molecule has 0 saturated carbocycles. The van der Waals surface area contributed by atoms with Crippen LogP contribution in [-0.4, -0.2) is 15.7 Å². The Kier molecular flexibility index (Phi) is 4.98. The van der Waals surface area contributed by atoms with Crippen molar-refractivity contribution >= 4 is 16.8 Å². The van der Waals surface area contributed by atoms with Gasteiger partial charge in [-0.2, -0.15) is 18.3 Å². The quantitative estimate of drug-likeness (QED) is 0.761. The van der Waals surface area contributed by atoms with Crippen LogP contribution in [0.25, 0.3) is 10.9 Å². The normalized spacial score (nSPS) is 12.7. The van der Waals surface area contributed by atoms with Gasteiger partial charge in [0, 0.05) is 5.39 Å². The van der Waals surface area contributed by atoms with Crippen LogP contribution in [0.3, 0.4) is 0 Å². The molecule has 3 rings (SSSR count). The molecule has 0 bridgehead atoms. The molecule has 27 heavy (non-hydrogen) atoms. The molecule has 0 saturated heterocycles. The van der Waals surface area contributed by atoms with E-state index in [1.807, 2.05) is 0 Å². The van der Waals surface area contributed by atoms with Gasteiger partial charge in [-0.15, -0.1) is 0 Å². The van der Waals surface area contributed by atoms with Crippen LogP contribution in [0.5, 0.6) is 0 Å². The van der Waals surface area contributed by atoms with E-state index >= 15 is 0 Å². The summed E-state index contributed by atoms with van der Waals surface area (Å²) in [5, 5.41) is 7.06. The number of carbonyl (C=O) groups excluding carboxylic acids is 1. The predicted octanol–water partition coefficient (Wildman–Crippen LogP) is 3.29. The van der Waals surface area contributed by atoms with Gasteiger partial charge in [0.2, 0.25) is 11.3 Å². The largest absolute Gasteiger partial charge is 0.416 e. The fourth-order valence-electron chi connectivity index (χ4n) is 2.78. The summed E-state index contributed by atoms with van der Waals surface area (Å²) >= 11 is 0. The maximum absolute atomic E-state index is 12.8. The number of nitrogens with zero attached hydrogens (tertiary/aromatic N) is 2. The van der Waals surface area contributed by atoms with Gasteiger partial charge in [0.05, 0.1) is 23.3 Å². The van der Waals surface area contributed by atoms with E-state index in [0.717, 1.165) is 18.3 Å². The molecule has 0 aliphatic rings. The van der Waals surface area contributed by atoms with Gasteiger partial charge in [0.15, 0.2) is 0 Å². The minimum absolute atomic E-state index is 0.163. The highest BCUT2D eigenvalue weighted by molar-refractivity contribution is 5.81. The van der Waals surface area contributed by atoms with Gasteiger partial charge in [-0.1, -0.05) is 24.3 Å². The lowest BCUT2D eigenvalue weighted by atomic mass is 10.0. The zero-order valence-electron chi connectivity index (χ0n) is 14.3. The highest BCUT2D eigenvalue weighted by Gasteiger charge is 2.30. The predicted molar refractivity (Wildman–Crippen MR) is 94.0 cm³/mol. The number of hydrogen-bond donors (Lipinski definition) is 1. The SMILES string of the molecule is C[C@H](NC(=O)Cn1ncc(=O)c2ccccc21)c1cccc(C(F)(F)F)c1. The molecule has 1 heterocycles. The summed E-state index contributed by atoms with van der Waals surface area (Å²) in [7, 11) is 0. The van der Waals surface area contributed by atoms with Gasteiger partial charge in [-0.25, -0.2) is 0 Å². The van der Waals surface area contributed by atoms with E-state index in [2.05, 4.69) is 10.4 Å². The molecular weight excluding hydrogens is 359 g/mol. The second kappa shape index (κ2) is 7.22. The molecule has 5 nitrogen and oxygen atoms in total. The maximum Gasteiger partial charge on any atom is 0.416 e. The topological polar surface area (TPSA) is 64.0 Å². The molecule has 1 N–H and O–H groups in total. The van der Waals surface area contributed by atoms with E-state index in [0.29, 0.717) is 16.5 Å². The molecule has 3 aromatic rings. The number of carbonyl (C=O) groups is 1. The third kappa shape index (κ3) is 4.16. The van der Waals surface area contributed by atoms with Crippen molar-refractivity contribution in [2.24, 2.45) is 0 Å². The molecule has 0 unspecified atom stereocenters. The second-order valence-corrected chi connectivity index (χ2v) is 6.10. The van der Waals surface area contributed by atoms with Gasteiger partial charge in [0.1, 0.15) is 6.54 Å². The number of benzene rings is 2. The molecule has 1 atom stereocenters.